The van der Waals surface area contributed by atoms with Crippen LogP contribution in [0.1, 0.15) is 5.56 Å². The van der Waals surface area contributed by atoms with Crippen molar-refractivity contribution in [2.24, 2.45) is 5.73 Å². The first kappa shape index (κ1) is 12.3. The molecule has 0 saturated carbocycles. The lowest BCUT2D eigenvalue weighted by Crippen LogP contribution is -2.37. The molecule has 0 aliphatic carbocycles. The molecule has 1 heterocycles. The summed E-state index contributed by atoms with van der Waals surface area (Å²) < 4.78 is 31.0. The molecule has 1 unspecified atom stereocenters. The first-order valence-electron chi connectivity index (χ1n) is 5.53. The minimum absolute atomic E-state index is 0.0489. The van der Waals surface area contributed by atoms with E-state index < -0.39 is 10.0 Å². The van der Waals surface area contributed by atoms with Crippen LogP contribution in [-0.2, 0) is 16.4 Å². The number of para-hydroxylation sites is 1. The van der Waals surface area contributed by atoms with Gasteiger partial charge in [-0.25, -0.2) is 13.1 Å². The highest BCUT2D eigenvalue weighted by Crippen LogP contribution is 2.27. The lowest BCUT2D eigenvalue weighted by molar-refractivity contribution is 0.236. The van der Waals surface area contributed by atoms with Gasteiger partial charge in [-0.15, -0.1) is 0 Å². The van der Waals surface area contributed by atoms with E-state index in [2.05, 4.69) is 4.72 Å². The number of hydrogen-bond acceptors (Lipinski definition) is 4. The van der Waals surface area contributed by atoms with Crippen LogP contribution in [0.4, 0.5) is 0 Å². The molecule has 0 bridgehead atoms. The van der Waals surface area contributed by atoms with Crippen molar-refractivity contribution in [1.82, 2.24) is 4.72 Å². The van der Waals surface area contributed by atoms with Gasteiger partial charge in [0.25, 0.3) is 0 Å². The summed E-state index contributed by atoms with van der Waals surface area (Å²) in [7, 11) is -3.26. The first-order chi connectivity index (χ1) is 8.11. The van der Waals surface area contributed by atoms with Crippen LogP contribution in [0.15, 0.2) is 24.3 Å². The second kappa shape index (κ2) is 5.03. The molecule has 0 saturated heterocycles. The van der Waals surface area contributed by atoms with Gasteiger partial charge in [-0.05, 0) is 11.6 Å². The Balaban J connectivity index is 1.88. The molecule has 0 aromatic heterocycles. The highest BCUT2D eigenvalue weighted by atomic mass is 32.2. The van der Waals surface area contributed by atoms with Crippen LogP contribution in [0.5, 0.6) is 5.75 Å². The number of ether oxygens (including phenoxy) is 1. The summed E-state index contributed by atoms with van der Waals surface area (Å²) in [6, 6.07) is 7.73. The van der Waals surface area contributed by atoms with E-state index in [0.717, 1.165) is 17.7 Å². The van der Waals surface area contributed by atoms with Gasteiger partial charge in [0.05, 0.1) is 5.75 Å². The Labute approximate surface area is 101 Å². The average molecular weight is 256 g/mol. The third-order valence-electron chi connectivity index (χ3n) is 2.63. The zero-order chi connectivity index (χ0) is 12.3. The molecule has 5 nitrogen and oxygen atoms in total. The Morgan fingerprint density at radius 3 is 2.88 bits per heavy atom. The summed E-state index contributed by atoms with van der Waals surface area (Å²) in [5, 5.41) is 0. The summed E-state index contributed by atoms with van der Waals surface area (Å²) in [6.07, 6.45) is 0.612. The molecule has 3 N–H and O–H groups in total. The van der Waals surface area contributed by atoms with Gasteiger partial charge in [-0.1, -0.05) is 18.2 Å². The number of nitrogens with two attached hydrogens (primary N) is 1. The maximum Gasteiger partial charge on any atom is 0.212 e. The monoisotopic (exact) mass is 256 g/mol. The highest BCUT2D eigenvalue weighted by Gasteiger charge is 2.23. The summed E-state index contributed by atoms with van der Waals surface area (Å²) >= 11 is 0. The lowest BCUT2D eigenvalue weighted by Gasteiger charge is -2.11. The minimum Gasteiger partial charge on any atom is -0.488 e. The van der Waals surface area contributed by atoms with Gasteiger partial charge in [0.1, 0.15) is 11.9 Å². The van der Waals surface area contributed by atoms with Crippen LogP contribution in [0.25, 0.3) is 0 Å². The predicted octanol–water partition coefficient (Wildman–Crippen LogP) is -0.132. The van der Waals surface area contributed by atoms with Crippen molar-refractivity contribution in [3.05, 3.63) is 29.8 Å². The van der Waals surface area contributed by atoms with E-state index in [0.29, 0.717) is 0 Å². The summed E-state index contributed by atoms with van der Waals surface area (Å²) in [5.74, 6) is 0.794. The van der Waals surface area contributed by atoms with Gasteiger partial charge >= 0.3 is 0 Å². The van der Waals surface area contributed by atoms with E-state index in [1.165, 1.54) is 0 Å². The van der Waals surface area contributed by atoms with Crippen molar-refractivity contribution in [1.29, 1.82) is 0 Å². The van der Waals surface area contributed by atoms with E-state index >= 15 is 0 Å². The van der Waals surface area contributed by atoms with Crippen molar-refractivity contribution in [2.45, 2.75) is 12.5 Å². The SMILES string of the molecule is NCCS(=O)(=O)NCC1Cc2ccccc2O1. The quantitative estimate of drug-likeness (QED) is 0.769. The smallest absolute Gasteiger partial charge is 0.212 e. The van der Waals surface area contributed by atoms with E-state index in [1.54, 1.807) is 0 Å². The minimum atomic E-state index is -3.26. The molecule has 1 aromatic carbocycles. The Hall–Kier alpha value is -1.11. The second-order valence-corrected chi connectivity index (χ2v) is 5.93. The molecule has 0 radical (unpaired) electrons. The summed E-state index contributed by atoms with van der Waals surface area (Å²) in [5.41, 5.74) is 6.34. The van der Waals surface area contributed by atoms with Crippen molar-refractivity contribution < 1.29 is 13.2 Å². The molecule has 17 heavy (non-hydrogen) atoms. The standard InChI is InChI=1S/C11H16N2O3S/c12-5-6-17(14,15)13-8-10-7-9-3-1-2-4-11(9)16-10/h1-4,10,13H,5-8,12H2. The normalized spacial score (nSPS) is 18.8. The van der Waals surface area contributed by atoms with E-state index in [4.69, 9.17) is 10.5 Å². The number of sulfonamides is 1. The fourth-order valence-corrected chi connectivity index (χ4v) is 2.71. The van der Waals surface area contributed by atoms with E-state index in [9.17, 15) is 8.42 Å². The van der Waals surface area contributed by atoms with Crippen LogP contribution in [0.3, 0.4) is 0 Å². The zero-order valence-corrected chi connectivity index (χ0v) is 10.2. The van der Waals surface area contributed by atoms with Gasteiger partial charge in [0, 0.05) is 19.5 Å². The molecule has 1 aliphatic rings. The van der Waals surface area contributed by atoms with Gasteiger partial charge in [-0.3, -0.25) is 0 Å². The first-order valence-corrected chi connectivity index (χ1v) is 7.18. The Kier molecular flexibility index (Phi) is 3.66. The van der Waals surface area contributed by atoms with Gasteiger partial charge in [-0.2, -0.15) is 0 Å². The lowest BCUT2D eigenvalue weighted by atomic mass is 10.1. The van der Waals surface area contributed by atoms with Crippen LogP contribution < -0.4 is 15.2 Å². The Morgan fingerprint density at radius 1 is 1.41 bits per heavy atom. The summed E-state index contributed by atoms with van der Waals surface area (Å²) in [6.45, 7) is 0.415. The van der Waals surface area contributed by atoms with Crippen molar-refractivity contribution in [3.63, 3.8) is 0 Å². The van der Waals surface area contributed by atoms with Crippen LogP contribution >= 0.6 is 0 Å². The van der Waals surface area contributed by atoms with Crippen molar-refractivity contribution in [3.8, 4) is 5.75 Å². The molecule has 0 fully saturated rings. The van der Waals surface area contributed by atoms with Crippen molar-refractivity contribution in [2.75, 3.05) is 18.8 Å². The number of hydrogen-bond donors (Lipinski definition) is 2. The third kappa shape index (κ3) is 3.18. The van der Waals surface area contributed by atoms with Gasteiger partial charge < -0.3 is 10.5 Å². The van der Waals surface area contributed by atoms with Gasteiger partial charge in [0.15, 0.2) is 0 Å². The molecular formula is C11H16N2O3S. The van der Waals surface area contributed by atoms with Crippen molar-refractivity contribution >= 4 is 10.0 Å². The molecule has 1 aromatic rings. The molecule has 6 heteroatoms. The molecule has 1 aliphatic heterocycles. The van der Waals surface area contributed by atoms with E-state index in [1.807, 2.05) is 24.3 Å². The third-order valence-corrected chi connectivity index (χ3v) is 4.01. The second-order valence-electron chi connectivity index (χ2n) is 4.01. The fraction of sp³-hybridized carbons (Fsp3) is 0.455. The van der Waals surface area contributed by atoms with Crippen LogP contribution in [-0.4, -0.2) is 33.4 Å². The highest BCUT2D eigenvalue weighted by molar-refractivity contribution is 7.89. The van der Waals surface area contributed by atoms with Crippen LogP contribution in [0.2, 0.25) is 0 Å². The molecule has 0 amide bonds. The predicted molar refractivity (Wildman–Crippen MR) is 65.4 cm³/mol. The zero-order valence-electron chi connectivity index (χ0n) is 9.43. The molecular weight excluding hydrogens is 240 g/mol. The number of benzene rings is 1. The Morgan fingerprint density at radius 2 is 2.18 bits per heavy atom. The average Bonchev–Trinajstić information content (AvgIpc) is 2.69. The number of fused-ring (bicyclic) bond motifs is 1. The molecule has 94 valence electrons. The number of nitrogens with one attached hydrogen (secondary N) is 1. The number of rotatable bonds is 5. The molecule has 2 rings (SSSR count). The Bertz CT molecular complexity index is 462. The summed E-state index contributed by atoms with van der Waals surface area (Å²) in [4.78, 5) is 0. The fourth-order valence-electron chi connectivity index (χ4n) is 1.82. The molecule has 1 atom stereocenters. The maximum absolute atomic E-state index is 11.4. The topological polar surface area (TPSA) is 81.4 Å². The van der Waals surface area contributed by atoms with Gasteiger partial charge in [0.2, 0.25) is 10.0 Å². The molecule has 0 spiro atoms. The van der Waals surface area contributed by atoms with Crippen LogP contribution in [0, 0.1) is 0 Å². The van der Waals surface area contributed by atoms with E-state index in [-0.39, 0.29) is 24.9 Å². The largest absolute Gasteiger partial charge is 0.488 e. The maximum atomic E-state index is 11.4.